The van der Waals surface area contributed by atoms with Gasteiger partial charge >= 0.3 is 0 Å². The quantitative estimate of drug-likeness (QED) is 0.443. The van der Waals surface area contributed by atoms with Gasteiger partial charge in [-0.2, -0.15) is 0 Å². The Bertz CT molecular complexity index is 303. The first kappa shape index (κ1) is 9.77. The number of carbonyl (C=O) groups is 4. The average Bonchev–Trinajstić information content (AvgIpc) is 2.30. The summed E-state index contributed by atoms with van der Waals surface area (Å²) in [5.74, 6) is -4.77. The molecule has 2 atom stereocenters. The molecule has 0 aromatic carbocycles. The minimum absolute atomic E-state index is 0.113. The number of ketones is 4. The van der Waals surface area contributed by atoms with Crippen molar-refractivity contribution in [3.8, 4) is 0 Å². The van der Waals surface area contributed by atoms with E-state index in [4.69, 9.17) is 0 Å². The van der Waals surface area contributed by atoms with E-state index < -0.39 is 35.0 Å². The highest BCUT2D eigenvalue weighted by Gasteiger charge is 2.48. The van der Waals surface area contributed by atoms with Crippen LogP contribution in [0.5, 0.6) is 0 Å². The molecule has 0 bridgehead atoms. The predicted molar refractivity (Wildman–Crippen MR) is 43.0 cm³/mol. The van der Waals surface area contributed by atoms with E-state index >= 15 is 0 Å². The molecule has 0 aliphatic heterocycles. The minimum Gasteiger partial charge on any atom is -0.298 e. The van der Waals surface area contributed by atoms with Crippen molar-refractivity contribution in [1.82, 2.24) is 0 Å². The van der Waals surface area contributed by atoms with E-state index in [1.807, 2.05) is 0 Å². The lowest BCUT2D eigenvalue weighted by atomic mass is 9.97. The number of rotatable bonds is 2. The third-order valence-corrected chi connectivity index (χ3v) is 2.28. The van der Waals surface area contributed by atoms with Gasteiger partial charge in [0.15, 0.2) is 11.6 Å². The lowest BCUT2D eigenvalue weighted by molar-refractivity contribution is -0.140. The maximum Gasteiger partial charge on any atom is 0.217 e. The fourth-order valence-corrected chi connectivity index (χ4v) is 1.37. The minimum atomic E-state index is -1.30. The van der Waals surface area contributed by atoms with Crippen molar-refractivity contribution in [3.63, 3.8) is 0 Å². The Kier molecular flexibility index (Phi) is 2.40. The van der Waals surface area contributed by atoms with Crippen molar-refractivity contribution in [3.05, 3.63) is 0 Å². The van der Waals surface area contributed by atoms with Crippen LogP contribution in [-0.4, -0.2) is 23.1 Å². The third-order valence-electron chi connectivity index (χ3n) is 2.28. The normalized spacial score (nSPS) is 28.3. The summed E-state index contributed by atoms with van der Waals surface area (Å²) >= 11 is 0. The molecule has 0 amide bonds. The molecule has 2 unspecified atom stereocenters. The molecule has 13 heavy (non-hydrogen) atoms. The summed E-state index contributed by atoms with van der Waals surface area (Å²) < 4.78 is 0. The molecule has 1 rings (SSSR count). The zero-order valence-corrected chi connectivity index (χ0v) is 7.49. The van der Waals surface area contributed by atoms with Crippen LogP contribution in [0.4, 0.5) is 0 Å². The summed E-state index contributed by atoms with van der Waals surface area (Å²) in [5, 5.41) is 0. The SMILES string of the molecule is CCC(=O)C1C(=O)C(=O)C(C)C1=O. The molecule has 1 saturated carbocycles. The Hall–Kier alpha value is -1.32. The van der Waals surface area contributed by atoms with Crippen LogP contribution < -0.4 is 0 Å². The molecule has 1 aliphatic rings. The fraction of sp³-hybridized carbons (Fsp3) is 0.556. The molecule has 1 aliphatic carbocycles. The fourth-order valence-electron chi connectivity index (χ4n) is 1.37. The standard InChI is InChI=1S/C9H10O4/c1-3-5(10)6-7(11)4(2)8(12)9(6)13/h4,6H,3H2,1-2H3. The van der Waals surface area contributed by atoms with E-state index in [1.165, 1.54) is 6.92 Å². The van der Waals surface area contributed by atoms with E-state index in [0.29, 0.717) is 0 Å². The van der Waals surface area contributed by atoms with Crippen molar-refractivity contribution in [2.75, 3.05) is 0 Å². The van der Waals surface area contributed by atoms with Gasteiger partial charge in [0.2, 0.25) is 11.6 Å². The van der Waals surface area contributed by atoms with Gasteiger partial charge in [-0.1, -0.05) is 6.92 Å². The zero-order chi connectivity index (χ0) is 10.2. The van der Waals surface area contributed by atoms with Crippen molar-refractivity contribution in [2.24, 2.45) is 11.8 Å². The highest BCUT2D eigenvalue weighted by molar-refractivity contribution is 6.55. The van der Waals surface area contributed by atoms with E-state index in [-0.39, 0.29) is 6.42 Å². The second-order valence-corrected chi connectivity index (χ2v) is 3.11. The van der Waals surface area contributed by atoms with Crippen molar-refractivity contribution in [2.45, 2.75) is 20.3 Å². The highest BCUT2D eigenvalue weighted by atomic mass is 16.2. The molecule has 0 aromatic rings. The van der Waals surface area contributed by atoms with Crippen LogP contribution in [0.15, 0.2) is 0 Å². The number of carbonyl (C=O) groups excluding carboxylic acids is 4. The molecule has 70 valence electrons. The molecule has 0 radical (unpaired) electrons. The summed E-state index contributed by atoms with van der Waals surface area (Å²) in [4.78, 5) is 44.6. The Morgan fingerprint density at radius 2 is 1.77 bits per heavy atom. The number of hydrogen-bond acceptors (Lipinski definition) is 4. The van der Waals surface area contributed by atoms with Gasteiger partial charge in [0.25, 0.3) is 0 Å². The van der Waals surface area contributed by atoms with Crippen LogP contribution in [0.25, 0.3) is 0 Å². The number of hydrogen-bond donors (Lipinski definition) is 0. The first-order valence-electron chi connectivity index (χ1n) is 4.15. The molecule has 0 heterocycles. The maximum atomic E-state index is 11.3. The molecule has 0 spiro atoms. The summed E-state index contributed by atoms with van der Waals surface area (Å²) in [7, 11) is 0. The summed E-state index contributed by atoms with van der Waals surface area (Å²) in [6.07, 6.45) is 0.113. The summed E-state index contributed by atoms with van der Waals surface area (Å²) in [6.45, 7) is 2.93. The summed E-state index contributed by atoms with van der Waals surface area (Å²) in [6, 6.07) is 0. The van der Waals surface area contributed by atoms with Gasteiger partial charge in [0, 0.05) is 6.42 Å². The Labute approximate surface area is 75.3 Å². The topological polar surface area (TPSA) is 68.3 Å². The van der Waals surface area contributed by atoms with E-state index in [0.717, 1.165) is 0 Å². The Morgan fingerprint density at radius 3 is 2.08 bits per heavy atom. The van der Waals surface area contributed by atoms with Crippen LogP contribution in [0.3, 0.4) is 0 Å². The molecule has 1 fully saturated rings. The number of Topliss-reactive ketones (excluding diaryl/α,β-unsaturated/α-hetero) is 4. The van der Waals surface area contributed by atoms with E-state index in [2.05, 4.69) is 0 Å². The maximum absolute atomic E-state index is 11.3. The lowest BCUT2D eigenvalue weighted by Crippen LogP contribution is -2.26. The first-order chi connectivity index (χ1) is 6.00. The van der Waals surface area contributed by atoms with Crippen LogP contribution in [0.1, 0.15) is 20.3 Å². The second kappa shape index (κ2) is 3.20. The van der Waals surface area contributed by atoms with Gasteiger partial charge in [0.05, 0.1) is 5.92 Å². The van der Waals surface area contributed by atoms with Crippen LogP contribution in [0.2, 0.25) is 0 Å². The Morgan fingerprint density at radius 1 is 1.23 bits per heavy atom. The van der Waals surface area contributed by atoms with E-state index in [9.17, 15) is 19.2 Å². The molecule has 4 heteroatoms. The predicted octanol–water partition coefficient (Wildman–Crippen LogP) is -0.0613. The van der Waals surface area contributed by atoms with Crippen molar-refractivity contribution >= 4 is 23.1 Å². The average molecular weight is 182 g/mol. The first-order valence-corrected chi connectivity index (χ1v) is 4.15. The van der Waals surface area contributed by atoms with Crippen molar-refractivity contribution in [1.29, 1.82) is 0 Å². The van der Waals surface area contributed by atoms with Gasteiger partial charge in [-0.25, -0.2) is 0 Å². The molecule has 0 saturated heterocycles. The van der Waals surface area contributed by atoms with Gasteiger partial charge in [0.1, 0.15) is 5.92 Å². The van der Waals surface area contributed by atoms with Gasteiger partial charge in [-0.15, -0.1) is 0 Å². The zero-order valence-electron chi connectivity index (χ0n) is 7.49. The van der Waals surface area contributed by atoms with Gasteiger partial charge < -0.3 is 0 Å². The van der Waals surface area contributed by atoms with Crippen molar-refractivity contribution < 1.29 is 19.2 Å². The van der Waals surface area contributed by atoms with Crippen LogP contribution >= 0.6 is 0 Å². The smallest absolute Gasteiger partial charge is 0.217 e. The molecule has 0 N–H and O–H groups in total. The van der Waals surface area contributed by atoms with Gasteiger partial charge in [-0.05, 0) is 6.92 Å². The summed E-state index contributed by atoms with van der Waals surface area (Å²) in [5.41, 5.74) is 0. The Balaban J connectivity index is 3.01. The van der Waals surface area contributed by atoms with Gasteiger partial charge in [-0.3, -0.25) is 19.2 Å². The second-order valence-electron chi connectivity index (χ2n) is 3.11. The highest BCUT2D eigenvalue weighted by Crippen LogP contribution is 2.22. The largest absolute Gasteiger partial charge is 0.298 e. The molecular weight excluding hydrogens is 172 g/mol. The van der Waals surface area contributed by atoms with Crippen LogP contribution in [-0.2, 0) is 19.2 Å². The third kappa shape index (κ3) is 1.32. The van der Waals surface area contributed by atoms with E-state index in [1.54, 1.807) is 6.92 Å². The van der Waals surface area contributed by atoms with Crippen LogP contribution in [0, 0.1) is 11.8 Å². The molecule has 4 nitrogen and oxygen atoms in total. The lowest BCUT2D eigenvalue weighted by Gasteiger charge is -2.01. The molecule has 0 aromatic heterocycles. The monoisotopic (exact) mass is 182 g/mol. The molecular formula is C9H10O4.